The Balaban J connectivity index is 1.88. The SMILES string of the molecule is COc1ccc(CCC(=O)NC(C)(CNC(=O)OC(C)(C)C)C2CC2)cc1Cl. The summed E-state index contributed by atoms with van der Waals surface area (Å²) in [5.41, 5.74) is -0.0601. The molecule has 0 saturated heterocycles. The molecular weight excluding hydrogens is 380 g/mol. The van der Waals surface area contributed by atoms with Crippen LogP contribution in [0, 0.1) is 5.92 Å². The fourth-order valence-corrected chi connectivity index (χ4v) is 3.37. The minimum atomic E-state index is -0.553. The Labute approximate surface area is 172 Å². The van der Waals surface area contributed by atoms with Gasteiger partial charge in [0.2, 0.25) is 5.91 Å². The molecular formula is C21H31ClN2O4. The average molecular weight is 411 g/mol. The summed E-state index contributed by atoms with van der Waals surface area (Å²) in [6, 6.07) is 5.52. The number of amides is 2. The van der Waals surface area contributed by atoms with E-state index in [0.717, 1.165) is 18.4 Å². The molecule has 1 aliphatic carbocycles. The Bertz CT molecular complexity index is 713. The number of rotatable bonds is 8. The van der Waals surface area contributed by atoms with Gasteiger partial charge in [-0.05, 0) is 70.6 Å². The van der Waals surface area contributed by atoms with Crippen molar-refractivity contribution in [1.82, 2.24) is 10.6 Å². The lowest BCUT2D eigenvalue weighted by Crippen LogP contribution is -2.55. The molecule has 1 unspecified atom stereocenters. The zero-order valence-corrected chi connectivity index (χ0v) is 18.1. The summed E-state index contributed by atoms with van der Waals surface area (Å²) < 4.78 is 10.4. The Morgan fingerprint density at radius 1 is 1.21 bits per heavy atom. The average Bonchev–Trinajstić information content (AvgIpc) is 3.42. The van der Waals surface area contributed by atoms with E-state index in [4.69, 9.17) is 21.1 Å². The predicted molar refractivity (Wildman–Crippen MR) is 110 cm³/mol. The number of hydrogen-bond donors (Lipinski definition) is 2. The van der Waals surface area contributed by atoms with Crippen LogP contribution >= 0.6 is 11.6 Å². The third-order valence-corrected chi connectivity index (χ3v) is 5.05. The molecule has 28 heavy (non-hydrogen) atoms. The molecule has 0 aromatic heterocycles. The van der Waals surface area contributed by atoms with Gasteiger partial charge in [0.25, 0.3) is 0 Å². The van der Waals surface area contributed by atoms with Crippen molar-refractivity contribution in [3.05, 3.63) is 28.8 Å². The Kier molecular flexibility index (Phi) is 7.21. The second-order valence-corrected chi connectivity index (χ2v) is 8.97. The highest BCUT2D eigenvalue weighted by atomic mass is 35.5. The van der Waals surface area contributed by atoms with E-state index in [9.17, 15) is 9.59 Å². The third-order valence-electron chi connectivity index (χ3n) is 4.76. The quantitative estimate of drug-likeness (QED) is 0.676. The van der Waals surface area contributed by atoms with Crippen molar-refractivity contribution in [1.29, 1.82) is 0 Å². The van der Waals surface area contributed by atoms with Gasteiger partial charge in [-0.2, -0.15) is 0 Å². The molecule has 1 aromatic rings. The molecule has 156 valence electrons. The van der Waals surface area contributed by atoms with Gasteiger partial charge >= 0.3 is 6.09 Å². The van der Waals surface area contributed by atoms with Crippen LogP contribution in [0.5, 0.6) is 5.75 Å². The van der Waals surface area contributed by atoms with Crippen LogP contribution in [0.4, 0.5) is 4.79 Å². The third kappa shape index (κ3) is 6.89. The number of benzene rings is 1. The summed E-state index contributed by atoms with van der Waals surface area (Å²) >= 11 is 6.14. The minimum Gasteiger partial charge on any atom is -0.495 e. The van der Waals surface area contributed by atoms with Gasteiger partial charge in [0.05, 0.1) is 17.7 Å². The zero-order chi connectivity index (χ0) is 20.9. The van der Waals surface area contributed by atoms with E-state index in [2.05, 4.69) is 10.6 Å². The first-order valence-corrected chi connectivity index (χ1v) is 10.0. The molecule has 2 N–H and O–H groups in total. The maximum absolute atomic E-state index is 12.5. The van der Waals surface area contributed by atoms with Crippen molar-refractivity contribution in [3.8, 4) is 5.75 Å². The summed E-state index contributed by atoms with van der Waals surface area (Å²) in [5.74, 6) is 0.929. The predicted octanol–water partition coefficient (Wildman–Crippen LogP) is 4.09. The summed E-state index contributed by atoms with van der Waals surface area (Å²) in [6.45, 7) is 7.77. The lowest BCUT2D eigenvalue weighted by molar-refractivity contribution is -0.123. The Morgan fingerprint density at radius 2 is 1.89 bits per heavy atom. The van der Waals surface area contributed by atoms with Crippen LogP contribution in [0.1, 0.15) is 52.5 Å². The largest absolute Gasteiger partial charge is 0.495 e. The highest BCUT2D eigenvalue weighted by molar-refractivity contribution is 6.32. The molecule has 0 spiro atoms. The number of halogens is 1. The molecule has 0 heterocycles. The number of nitrogens with one attached hydrogen (secondary N) is 2. The van der Waals surface area contributed by atoms with Crippen LogP contribution < -0.4 is 15.4 Å². The standard InChI is InChI=1S/C21H31ClN2O4/c1-20(2,3)28-19(26)23-13-21(4,15-8-9-15)24-18(25)11-7-14-6-10-17(27-5)16(22)12-14/h6,10,12,15H,7-9,11,13H2,1-5H3,(H,23,26)(H,24,25). The van der Waals surface area contributed by atoms with Crippen LogP contribution in [-0.4, -0.2) is 36.8 Å². The van der Waals surface area contributed by atoms with Crippen LogP contribution in [0.3, 0.4) is 0 Å². The molecule has 1 aromatic carbocycles. The molecule has 2 rings (SSSR count). The van der Waals surface area contributed by atoms with E-state index in [1.54, 1.807) is 13.2 Å². The lowest BCUT2D eigenvalue weighted by Gasteiger charge is -2.32. The molecule has 1 atom stereocenters. The van der Waals surface area contributed by atoms with Gasteiger partial charge in [0.1, 0.15) is 11.4 Å². The molecule has 2 amide bonds. The van der Waals surface area contributed by atoms with Gasteiger partial charge in [0.15, 0.2) is 0 Å². The van der Waals surface area contributed by atoms with Crippen LogP contribution in [0.25, 0.3) is 0 Å². The van der Waals surface area contributed by atoms with Gasteiger partial charge in [-0.3, -0.25) is 4.79 Å². The number of carbonyl (C=O) groups is 2. The van der Waals surface area contributed by atoms with Gasteiger partial charge in [-0.25, -0.2) is 4.79 Å². The summed E-state index contributed by atoms with van der Waals surface area (Å²) in [7, 11) is 1.57. The van der Waals surface area contributed by atoms with Crippen molar-refractivity contribution in [2.24, 2.45) is 5.92 Å². The van der Waals surface area contributed by atoms with Gasteiger partial charge in [-0.1, -0.05) is 17.7 Å². The number of alkyl carbamates (subject to hydrolysis) is 1. The van der Waals surface area contributed by atoms with Crippen molar-refractivity contribution in [3.63, 3.8) is 0 Å². The lowest BCUT2D eigenvalue weighted by atomic mass is 9.95. The molecule has 6 nitrogen and oxygen atoms in total. The minimum absolute atomic E-state index is 0.0488. The molecule has 0 aliphatic heterocycles. The van der Waals surface area contributed by atoms with Crippen molar-refractivity contribution in [2.75, 3.05) is 13.7 Å². The summed E-state index contributed by atoms with van der Waals surface area (Å²) in [6.07, 6.45) is 2.54. The Morgan fingerprint density at radius 3 is 2.43 bits per heavy atom. The number of aryl methyl sites for hydroxylation is 1. The van der Waals surface area contributed by atoms with E-state index in [1.807, 2.05) is 39.8 Å². The van der Waals surface area contributed by atoms with Gasteiger partial charge < -0.3 is 20.1 Å². The molecule has 0 bridgehead atoms. The van der Waals surface area contributed by atoms with Crippen molar-refractivity contribution in [2.45, 2.75) is 64.5 Å². The van der Waals surface area contributed by atoms with Gasteiger partial charge in [0, 0.05) is 13.0 Å². The topological polar surface area (TPSA) is 76.7 Å². The number of methoxy groups -OCH3 is 1. The van der Waals surface area contributed by atoms with E-state index >= 15 is 0 Å². The van der Waals surface area contributed by atoms with Crippen molar-refractivity contribution < 1.29 is 19.1 Å². The second-order valence-electron chi connectivity index (χ2n) is 8.56. The second kappa shape index (κ2) is 9.03. The smallest absolute Gasteiger partial charge is 0.407 e. The first-order valence-electron chi connectivity index (χ1n) is 9.63. The highest BCUT2D eigenvalue weighted by Gasteiger charge is 2.42. The fraction of sp³-hybridized carbons (Fsp3) is 0.619. The maximum Gasteiger partial charge on any atom is 0.407 e. The first-order chi connectivity index (χ1) is 13.0. The molecule has 1 saturated carbocycles. The fourth-order valence-electron chi connectivity index (χ4n) is 3.09. The van der Waals surface area contributed by atoms with E-state index < -0.39 is 17.2 Å². The number of carbonyl (C=O) groups excluding carboxylic acids is 2. The first kappa shape index (κ1) is 22.3. The van der Waals surface area contributed by atoms with Crippen LogP contribution in [0.15, 0.2) is 18.2 Å². The maximum atomic E-state index is 12.5. The monoisotopic (exact) mass is 410 g/mol. The normalized spacial score (nSPS) is 16.1. The Hall–Kier alpha value is -1.95. The summed E-state index contributed by atoms with van der Waals surface area (Å²) in [4.78, 5) is 24.5. The van der Waals surface area contributed by atoms with Crippen LogP contribution in [-0.2, 0) is 16.0 Å². The number of ether oxygens (including phenoxy) is 2. The molecule has 1 fully saturated rings. The molecule has 0 radical (unpaired) electrons. The van der Waals surface area contributed by atoms with E-state index in [0.29, 0.717) is 36.1 Å². The van der Waals surface area contributed by atoms with Gasteiger partial charge in [-0.15, -0.1) is 0 Å². The number of hydrogen-bond acceptors (Lipinski definition) is 4. The van der Waals surface area contributed by atoms with Crippen LogP contribution in [0.2, 0.25) is 5.02 Å². The van der Waals surface area contributed by atoms with Crippen molar-refractivity contribution >= 4 is 23.6 Å². The molecule has 7 heteroatoms. The molecule has 1 aliphatic rings. The highest BCUT2D eigenvalue weighted by Crippen LogP contribution is 2.39. The summed E-state index contributed by atoms with van der Waals surface area (Å²) in [5, 5.41) is 6.44. The van der Waals surface area contributed by atoms with E-state index in [1.165, 1.54) is 0 Å². The van der Waals surface area contributed by atoms with E-state index in [-0.39, 0.29) is 5.91 Å². The zero-order valence-electron chi connectivity index (χ0n) is 17.4.